The molecule has 4 rings (SSSR count). The molecule has 8 heteroatoms. The number of nitrogens with one attached hydrogen (secondary N) is 2. The molecule has 1 saturated heterocycles. The van der Waals surface area contributed by atoms with Gasteiger partial charge in [0.25, 0.3) is 0 Å². The summed E-state index contributed by atoms with van der Waals surface area (Å²) in [7, 11) is 2.11. The van der Waals surface area contributed by atoms with Crippen molar-refractivity contribution in [1.29, 1.82) is 0 Å². The molecule has 1 aromatic carbocycles. The summed E-state index contributed by atoms with van der Waals surface area (Å²) in [5.74, 6) is 1.07. The third-order valence-corrected chi connectivity index (χ3v) is 6.90. The number of carbonyl (C=O) groups excluding carboxylic acids is 2. The topological polar surface area (TPSA) is 77.0 Å². The Hall–Kier alpha value is -2.10. The molecule has 4 atom stereocenters. The third kappa shape index (κ3) is 5.70. The lowest BCUT2D eigenvalue weighted by atomic mass is 9.85. The molecule has 2 N–H and O–H groups in total. The first kappa shape index (κ1) is 25.5. The van der Waals surface area contributed by atoms with Crippen molar-refractivity contribution in [2.24, 2.45) is 28.7 Å². The van der Waals surface area contributed by atoms with E-state index in [1.54, 1.807) is 0 Å². The van der Waals surface area contributed by atoms with Gasteiger partial charge in [-0.25, -0.2) is 0 Å². The van der Waals surface area contributed by atoms with E-state index in [-0.39, 0.29) is 59.5 Å². The van der Waals surface area contributed by atoms with E-state index in [1.807, 2.05) is 13.0 Å². The number of hydrogen-bond acceptors (Lipinski definition) is 4. The first-order valence-electron chi connectivity index (χ1n) is 11.9. The van der Waals surface area contributed by atoms with Gasteiger partial charge < -0.3 is 15.5 Å². The van der Waals surface area contributed by atoms with Gasteiger partial charge in [0.1, 0.15) is 0 Å². The number of likely N-dealkylation sites (tertiary alicyclic amines) is 1. The fourth-order valence-corrected chi connectivity index (χ4v) is 5.28. The van der Waals surface area contributed by atoms with Gasteiger partial charge in [0, 0.05) is 45.5 Å². The fourth-order valence-electron chi connectivity index (χ4n) is 5.28. The van der Waals surface area contributed by atoms with Crippen molar-refractivity contribution in [3.63, 3.8) is 0 Å². The van der Waals surface area contributed by atoms with Crippen molar-refractivity contribution < 1.29 is 9.59 Å². The Morgan fingerprint density at radius 1 is 1.06 bits per heavy atom. The molecule has 1 heterocycles. The highest BCUT2D eigenvalue weighted by Gasteiger charge is 2.58. The van der Waals surface area contributed by atoms with Crippen LogP contribution >= 0.6 is 24.0 Å². The van der Waals surface area contributed by atoms with Gasteiger partial charge in [-0.2, -0.15) is 0 Å². The monoisotopic (exact) mass is 565 g/mol. The number of allylic oxidation sites excluding steroid dienone is 2. The maximum atomic E-state index is 12.8. The second-order valence-electron chi connectivity index (χ2n) is 8.98. The fraction of sp³-hybridized carbons (Fsp3) is 0.560. The first-order valence-corrected chi connectivity index (χ1v) is 11.9. The lowest BCUT2D eigenvalue weighted by molar-refractivity contribution is -0.140. The Morgan fingerprint density at radius 3 is 2.36 bits per heavy atom. The molecule has 2 amide bonds. The van der Waals surface area contributed by atoms with Crippen LogP contribution in [0.15, 0.2) is 47.5 Å². The number of benzene rings is 1. The number of guanidine groups is 1. The largest absolute Gasteiger partial charge is 0.375 e. The molecule has 1 saturated carbocycles. The van der Waals surface area contributed by atoms with Gasteiger partial charge in [0.2, 0.25) is 11.8 Å². The highest BCUT2D eigenvalue weighted by atomic mass is 127. The molecule has 2 fully saturated rings. The van der Waals surface area contributed by atoms with Crippen LogP contribution in [0, 0.1) is 23.7 Å². The highest BCUT2D eigenvalue weighted by molar-refractivity contribution is 14.0. The molecule has 0 aromatic heterocycles. The number of para-hydroxylation sites is 1. The van der Waals surface area contributed by atoms with E-state index < -0.39 is 0 Å². The van der Waals surface area contributed by atoms with Gasteiger partial charge in [-0.3, -0.25) is 19.5 Å². The number of halogens is 1. The number of hydrogen-bond donors (Lipinski definition) is 2. The maximum absolute atomic E-state index is 12.8. The number of amides is 2. The van der Waals surface area contributed by atoms with Crippen molar-refractivity contribution in [3.8, 4) is 0 Å². The van der Waals surface area contributed by atoms with Gasteiger partial charge in [-0.1, -0.05) is 30.4 Å². The molecule has 33 heavy (non-hydrogen) atoms. The third-order valence-electron chi connectivity index (χ3n) is 6.90. The standard InChI is InChI=1S/C25H35N5O2.HI/c1-3-26-25(27-13-7-8-15-29(2)20-9-5-4-6-10-20)28-14-16-30-23(31)21-18-11-12-19(17-18)22(21)24(30)32;/h4-6,9-12,18-19,21-22H,3,7-8,13-17H2,1-2H3,(H2,26,27,28);1H. The molecule has 7 nitrogen and oxygen atoms in total. The van der Waals surface area contributed by atoms with E-state index in [4.69, 9.17) is 0 Å². The molecule has 2 aliphatic carbocycles. The Balaban J connectivity index is 0.00000306. The first-order chi connectivity index (χ1) is 15.6. The number of aliphatic imine (C=N–C) groups is 1. The van der Waals surface area contributed by atoms with Crippen LogP contribution in [0.25, 0.3) is 0 Å². The van der Waals surface area contributed by atoms with Crippen molar-refractivity contribution in [3.05, 3.63) is 42.5 Å². The summed E-state index contributed by atoms with van der Waals surface area (Å²) in [6.07, 6.45) is 7.29. The van der Waals surface area contributed by atoms with Crippen molar-refractivity contribution in [2.75, 3.05) is 44.7 Å². The zero-order valence-corrected chi connectivity index (χ0v) is 21.9. The molecular weight excluding hydrogens is 529 g/mol. The van der Waals surface area contributed by atoms with Gasteiger partial charge in [-0.15, -0.1) is 24.0 Å². The second-order valence-corrected chi connectivity index (χ2v) is 8.98. The van der Waals surface area contributed by atoms with E-state index in [9.17, 15) is 9.59 Å². The minimum Gasteiger partial charge on any atom is -0.375 e. The Kier molecular flexibility index (Phi) is 9.17. The number of carbonyl (C=O) groups is 2. The molecule has 180 valence electrons. The van der Waals surface area contributed by atoms with Crippen LogP contribution in [0.3, 0.4) is 0 Å². The zero-order valence-electron chi connectivity index (χ0n) is 19.6. The van der Waals surface area contributed by atoms with Crippen LogP contribution in [0.5, 0.6) is 0 Å². The predicted octanol–water partition coefficient (Wildman–Crippen LogP) is 2.88. The van der Waals surface area contributed by atoms with Crippen LogP contribution in [0.4, 0.5) is 5.69 Å². The van der Waals surface area contributed by atoms with E-state index in [1.165, 1.54) is 10.6 Å². The van der Waals surface area contributed by atoms with Crippen molar-refractivity contribution in [1.82, 2.24) is 15.5 Å². The quantitative estimate of drug-likeness (QED) is 0.114. The molecule has 0 spiro atoms. The lowest BCUT2D eigenvalue weighted by Gasteiger charge is -2.19. The predicted molar refractivity (Wildman–Crippen MR) is 143 cm³/mol. The normalized spacial score (nSPS) is 25.3. The van der Waals surface area contributed by atoms with Crippen LogP contribution in [-0.2, 0) is 9.59 Å². The van der Waals surface area contributed by atoms with Crippen LogP contribution < -0.4 is 15.5 Å². The SMILES string of the molecule is CCNC(=NCCCCN(C)c1ccccc1)NCCN1C(=O)C2C3C=CC(C3)C2C1=O.I. The van der Waals surface area contributed by atoms with E-state index in [0.717, 1.165) is 44.9 Å². The van der Waals surface area contributed by atoms with Gasteiger partial charge >= 0.3 is 0 Å². The van der Waals surface area contributed by atoms with Gasteiger partial charge in [-0.05, 0) is 50.2 Å². The van der Waals surface area contributed by atoms with Crippen LogP contribution in [0.1, 0.15) is 26.2 Å². The summed E-state index contributed by atoms with van der Waals surface area (Å²) < 4.78 is 0. The average molecular weight is 566 g/mol. The molecule has 1 aliphatic heterocycles. The number of rotatable bonds is 10. The Bertz CT molecular complexity index is 845. The smallest absolute Gasteiger partial charge is 0.233 e. The number of anilines is 1. The number of unbranched alkanes of at least 4 members (excludes halogenated alkanes) is 1. The van der Waals surface area contributed by atoms with Gasteiger partial charge in [0.05, 0.1) is 11.8 Å². The van der Waals surface area contributed by atoms with E-state index in [2.05, 4.69) is 64.0 Å². The number of fused-ring (bicyclic) bond motifs is 5. The van der Waals surface area contributed by atoms with Gasteiger partial charge in [0.15, 0.2) is 5.96 Å². The lowest BCUT2D eigenvalue weighted by Crippen LogP contribution is -2.43. The van der Waals surface area contributed by atoms with Crippen molar-refractivity contribution >= 4 is 47.4 Å². The molecule has 4 unspecified atom stereocenters. The Labute approximate surface area is 214 Å². The second kappa shape index (κ2) is 11.9. The summed E-state index contributed by atoms with van der Waals surface area (Å²) in [5.41, 5.74) is 1.23. The molecule has 2 bridgehead atoms. The Morgan fingerprint density at radius 2 is 1.73 bits per heavy atom. The minimum absolute atomic E-state index is 0. The summed E-state index contributed by atoms with van der Waals surface area (Å²) in [6.45, 7) is 5.44. The zero-order chi connectivity index (χ0) is 22.5. The molecule has 0 radical (unpaired) electrons. The van der Waals surface area contributed by atoms with Crippen LogP contribution in [-0.4, -0.2) is 62.4 Å². The summed E-state index contributed by atoms with van der Waals surface area (Å²) in [5, 5.41) is 6.53. The minimum atomic E-state index is -0.117. The van der Waals surface area contributed by atoms with E-state index >= 15 is 0 Å². The summed E-state index contributed by atoms with van der Waals surface area (Å²) in [4.78, 5) is 33.9. The molecule has 1 aromatic rings. The number of nitrogens with zero attached hydrogens (tertiary/aromatic N) is 3. The number of imide groups is 1. The average Bonchev–Trinajstić information content (AvgIpc) is 3.49. The highest BCUT2D eigenvalue weighted by Crippen LogP contribution is 2.52. The van der Waals surface area contributed by atoms with E-state index in [0.29, 0.717) is 13.1 Å². The maximum Gasteiger partial charge on any atom is 0.233 e. The van der Waals surface area contributed by atoms with Crippen LogP contribution in [0.2, 0.25) is 0 Å². The molecule has 3 aliphatic rings. The summed E-state index contributed by atoms with van der Waals surface area (Å²) in [6, 6.07) is 10.4. The summed E-state index contributed by atoms with van der Waals surface area (Å²) >= 11 is 0. The van der Waals surface area contributed by atoms with Crippen molar-refractivity contribution in [2.45, 2.75) is 26.2 Å². The molecular formula is C25H36IN5O2.